The van der Waals surface area contributed by atoms with E-state index in [-0.39, 0.29) is 28.7 Å². The summed E-state index contributed by atoms with van der Waals surface area (Å²) in [5.74, 6) is -0.513. The Bertz CT molecular complexity index is 995. The number of rotatable bonds is 6. The largest absolute Gasteiger partial charge is 0.348 e. The predicted octanol–water partition coefficient (Wildman–Crippen LogP) is 3.04. The van der Waals surface area contributed by atoms with Crippen LogP contribution in [0.1, 0.15) is 52.5 Å². The molecule has 2 aromatic rings. The Morgan fingerprint density at radius 1 is 1.00 bits per heavy atom. The highest BCUT2D eigenvalue weighted by atomic mass is 32.2. The Morgan fingerprint density at radius 2 is 1.72 bits per heavy atom. The molecule has 1 fully saturated rings. The van der Waals surface area contributed by atoms with Gasteiger partial charge in [0.1, 0.15) is 0 Å². The number of sulfone groups is 1. The van der Waals surface area contributed by atoms with Gasteiger partial charge in [-0.3, -0.25) is 9.59 Å². The van der Waals surface area contributed by atoms with E-state index in [0.29, 0.717) is 5.56 Å². The molecule has 29 heavy (non-hydrogen) atoms. The minimum absolute atomic E-state index is 0.0114. The molecule has 1 heterocycles. The quantitative estimate of drug-likeness (QED) is 0.788. The summed E-state index contributed by atoms with van der Waals surface area (Å²) in [5, 5.41) is 2.77. The summed E-state index contributed by atoms with van der Waals surface area (Å²) < 4.78 is 24.5. The second-order valence-electron chi connectivity index (χ2n) is 7.14. The number of amides is 2. The van der Waals surface area contributed by atoms with Gasteiger partial charge >= 0.3 is 0 Å². The van der Waals surface area contributed by atoms with E-state index in [4.69, 9.17) is 0 Å². The van der Waals surface area contributed by atoms with Gasteiger partial charge < -0.3 is 10.2 Å². The normalized spacial score (nSPS) is 14.4. The van der Waals surface area contributed by atoms with Gasteiger partial charge in [0.25, 0.3) is 11.8 Å². The number of hydrogen-bond acceptors (Lipinski definition) is 4. The first-order chi connectivity index (χ1) is 13.9. The van der Waals surface area contributed by atoms with Crippen molar-refractivity contribution >= 4 is 21.7 Å². The van der Waals surface area contributed by atoms with Gasteiger partial charge in [-0.2, -0.15) is 0 Å². The Hall–Kier alpha value is -2.67. The van der Waals surface area contributed by atoms with E-state index < -0.39 is 15.7 Å². The molecule has 6 nitrogen and oxygen atoms in total. The number of hydrogen-bond donors (Lipinski definition) is 1. The van der Waals surface area contributed by atoms with Gasteiger partial charge in [0.05, 0.1) is 16.2 Å². The third kappa shape index (κ3) is 5.03. The minimum Gasteiger partial charge on any atom is -0.348 e. The van der Waals surface area contributed by atoms with E-state index in [2.05, 4.69) is 5.32 Å². The van der Waals surface area contributed by atoms with Crippen molar-refractivity contribution in [3.05, 3.63) is 65.2 Å². The van der Waals surface area contributed by atoms with Gasteiger partial charge in [-0.15, -0.1) is 0 Å². The van der Waals surface area contributed by atoms with Crippen molar-refractivity contribution in [3.8, 4) is 0 Å². The molecule has 0 saturated carbocycles. The van der Waals surface area contributed by atoms with Gasteiger partial charge in [0.15, 0.2) is 9.84 Å². The highest BCUT2D eigenvalue weighted by molar-refractivity contribution is 7.91. The van der Waals surface area contributed by atoms with Crippen LogP contribution in [0.15, 0.2) is 53.4 Å². The van der Waals surface area contributed by atoms with E-state index in [1.165, 1.54) is 12.1 Å². The Kier molecular flexibility index (Phi) is 6.69. The molecule has 3 rings (SSSR count). The molecule has 1 aliphatic rings. The number of carbonyl (C=O) groups is 2. The average Bonchev–Trinajstić information content (AvgIpc) is 2.77. The summed E-state index contributed by atoms with van der Waals surface area (Å²) in [4.78, 5) is 27.2. The first-order valence-electron chi connectivity index (χ1n) is 9.90. The summed E-state index contributed by atoms with van der Waals surface area (Å²) in [5.41, 5.74) is 1.53. The smallest absolute Gasteiger partial charge is 0.253 e. The molecule has 0 spiro atoms. The minimum atomic E-state index is -3.50. The topological polar surface area (TPSA) is 83.5 Å². The van der Waals surface area contributed by atoms with Crippen LogP contribution in [-0.2, 0) is 16.4 Å². The van der Waals surface area contributed by atoms with Crippen molar-refractivity contribution in [2.24, 2.45) is 0 Å². The molecular weight excluding hydrogens is 388 g/mol. The molecule has 154 valence electrons. The van der Waals surface area contributed by atoms with Crippen LogP contribution in [0.2, 0.25) is 0 Å². The van der Waals surface area contributed by atoms with E-state index in [9.17, 15) is 18.0 Å². The lowest BCUT2D eigenvalue weighted by atomic mass is 10.1. The van der Waals surface area contributed by atoms with Crippen LogP contribution in [0, 0.1) is 0 Å². The number of benzene rings is 2. The van der Waals surface area contributed by atoms with Gasteiger partial charge in [0, 0.05) is 25.2 Å². The molecule has 0 radical (unpaired) electrons. The van der Waals surface area contributed by atoms with E-state index >= 15 is 0 Å². The summed E-state index contributed by atoms with van der Waals surface area (Å²) >= 11 is 0. The summed E-state index contributed by atoms with van der Waals surface area (Å²) in [6.45, 7) is 3.32. The Labute approximate surface area is 171 Å². The average molecular weight is 415 g/mol. The van der Waals surface area contributed by atoms with Crippen molar-refractivity contribution in [1.82, 2.24) is 10.2 Å². The highest BCUT2D eigenvalue weighted by Gasteiger charge is 2.21. The number of nitrogens with one attached hydrogen (secondary N) is 1. The molecule has 0 bridgehead atoms. The third-order valence-corrected chi connectivity index (χ3v) is 6.90. The van der Waals surface area contributed by atoms with Gasteiger partial charge in [0.2, 0.25) is 0 Å². The molecular formula is C22H26N2O4S. The van der Waals surface area contributed by atoms with Crippen molar-refractivity contribution < 1.29 is 18.0 Å². The van der Waals surface area contributed by atoms with Crippen LogP contribution in [0.25, 0.3) is 0 Å². The predicted molar refractivity (Wildman–Crippen MR) is 112 cm³/mol. The van der Waals surface area contributed by atoms with Crippen LogP contribution in [0.5, 0.6) is 0 Å². The number of nitrogens with zero attached hydrogens (tertiary/aromatic N) is 1. The molecule has 2 aromatic carbocycles. The van der Waals surface area contributed by atoms with Crippen LogP contribution in [0.3, 0.4) is 0 Å². The molecule has 7 heteroatoms. The van der Waals surface area contributed by atoms with Crippen LogP contribution in [0.4, 0.5) is 0 Å². The zero-order chi connectivity index (χ0) is 20.9. The molecule has 1 N–H and O–H groups in total. The molecule has 0 unspecified atom stereocenters. The van der Waals surface area contributed by atoms with Crippen LogP contribution < -0.4 is 5.32 Å². The maximum Gasteiger partial charge on any atom is 0.253 e. The van der Waals surface area contributed by atoms with Crippen molar-refractivity contribution in [2.45, 2.75) is 37.6 Å². The van der Waals surface area contributed by atoms with E-state index in [0.717, 1.165) is 37.9 Å². The maximum absolute atomic E-state index is 12.7. The van der Waals surface area contributed by atoms with Gasteiger partial charge in [-0.05, 0) is 49.1 Å². The Balaban J connectivity index is 1.71. The lowest BCUT2D eigenvalue weighted by Crippen LogP contribution is -2.35. The molecule has 1 saturated heterocycles. The zero-order valence-electron chi connectivity index (χ0n) is 16.6. The zero-order valence-corrected chi connectivity index (χ0v) is 17.4. The third-order valence-electron chi connectivity index (χ3n) is 5.12. The summed E-state index contributed by atoms with van der Waals surface area (Å²) in [6.07, 6.45) is 3.22. The summed E-state index contributed by atoms with van der Waals surface area (Å²) in [7, 11) is -3.50. The lowest BCUT2D eigenvalue weighted by molar-refractivity contribution is 0.0724. The number of likely N-dealkylation sites (tertiary alicyclic amines) is 1. The SMILES string of the molecule is CCS(=O)(=O)c1ccccc1C(=O)NCc1cccc(C(=O)N2CCCCC2)c1. The fourth-order valence-electron chi connectivity index (χ4n) is 3.45. The lowest BCUT2D eigenvalue weighted by Gasteiger charge is -2.26. The molecule has 1 aliphatic heterocycles. The number of piperidine rings is 1. The fraction of sp³-hybridized carbons (Fsp3) is 0.364. The number of carbonyl (C=O) groups excluding carboxylic acids is 2. The highest BCUT2D eigenvalue weighted by Crippen LogP contribution is 2.18. The second-order valence-corrected chi connectivity index (χ2v) is 9.38. The molecule has 2 amide bonds. The Morgan fingerprint density at radius 3 is 2.45 bits per heavy atom. The first kappa shape index (κ1) is 21.0. The van der Waals surface area contributed by atoms with E-state index in [1.807, 2.05) is 11.0 Å². The van der Waals surface area contributed by atoms with Crippen molar-refractivity contribution in [2.75, 3.05) is 18.8 Å². The standard InChI is InChI=1S/C22H26N2O4S/c1-2-29(27,28)20-12-5-4-11-19(20)21(25)23-16-17-9-8-10-18(15-17)22(26)24-13-6-3-7-14-24/h4-5,8-12,15H,2-3,6-7,13-14,16H2,1H3,(H,23,25). The fourth-order valence-corrected chi connectivity index (χ4v) is 4.55. The van der Waals surface area contributed by atoms with Crippen LogP contribution in [-0.4, -0.2) is 44.0 Å². The van der Waals surface area contributed by atoms with E-state index in [1.54, 1.807) is 37.3 Å². The maximum atomic E-state index is 12.7. The monoisotopic (exact) mass is 414 g/mol. The molecule has 0 aliphatic carbocycles. The molecule has 0 atom stereocenters. The van der Waals surface area contributed by atoms with Gasteiger partial charge in [-0.25, -0.2) is 8.42 Å². The summed E-state index contributed by atoms with van der Waals surface area (Å²) in [6, 6.07) is 13.4. The van der Waals surface area contributed by atoms with Crippen molar-refractivity contribution in [1.29, 1.82) is 0 Å². The van der Waals surface area contributed by atoms with Gasteiger partial charge in [-0.1, -0.05) is 31.2 Å². The second kappa shape index (κ2) is 9.22. The van der Waals surface area contributed by atoms with Crippen molar-refractivity contribution in [3.63, 3.8) is 0 Å². The molecule has 0 aromatic heterocycles. The van der Waals surface area contributed by atoms with Crippen LogP contribution >= 0.6 is 0 Å². The first-order valence-corrected chi connectivity index (χ1v) is 11.6.